The molecule has 2 aromatic carbocycles. The van der Waals surface area contributed by atoms with Crippen LogP contribution >= 0.6 is 11.8 Å². The van der Waals surface area contributed by atoms with E-state index in [9.17, 15) is 4.79 Å². The van der Waals surface area contributed by atoms with Gasteiger partial charge in [-0.2, -0.15) is 0 Å². The third-order valence-corrected chi connectivity index (χ3v) is 4.78. The number of rotatable bonds is 5. The first kappa shape index (κ1) is 17.3. The second kappa shape index (κ2) is 7.57. The van der Waals surface area contributed by atoms with Crippen molar-refractivity contribution in [2.75, 3.05) is 11.1 Å². The number of aryl methyl sites for hydroxylation is 3. The highest BCUT2D eigenvalue weighted by molar-refractivity contribution is 7.99. The number of oxazole rings is 1. The van der Waals surface area contributed by atoms with Crippen molar-refractivity contribution in [2.24, 2.45) is 0 Å². The van der Waals surface area contributed by atoms with E-state index < -0.39 is 0 Å². The normalized spacial score (nSPS) is 10.7. The van der Waals surface area contributed by atoms with Crippen LogP contribution in [0.2, 0.25) is 0 Å². The molecule has 3 rings (SSSR count). The van der Waals surface area contributed by atoms with Gasteiger partial charge >= 0.3 is 0 Å². The summed E-state index contributed by atoms with van der Waals surface area (Å²) in [5.74, 6) is 0.880. The minimum absolute atomic E-state index is 0.0835. The summed E-state index contributed by atoms with van der Waals surface area (Å²) in [5, 5.41) is 3.36. The Hall–Kier alpha value is -2.53. The third-order valence-electron chi connectivity index (χ3n) is 3.94. The van der Waals surface area contributed by atoms with E-state index in [2.05, 4.69) is 36.3 Å². The summed E-state index contributed by atoms with van der Waals surface area (Å²) in [6, 6.07) is 13.9. The first-order valence-corrected chi connectivity index (χ1v) is 9.02. The second-order valence-electron chi connectivity index (χ2n) is 5.99. The molecule has 0 unspecified atom stereocenters. The number of amides is 1. The zero-order chi connectivity index (χ0) is 17.8. The Morgan fingerprint density at radius 1 is 1.08 bits per heavy atom. The van der Waals surface area contributed by atoms with E-state index >= 15 is 0 Å². The molecule has 0 atom stereocenters. The Bertz CT molecular complexity index is 885. The number of thioether (sulfide) groups is 1. The van der Waals surface area contributed by atoms with Crippen molar-refractivity contribution in [3.63, 3.8) is 0 Å². The number of hydrogen-bond donors (Lipinski definition) is 1. The fraction of sp³-hybridized carbons (Fsp3) is 0.200. The zero-order valence-electron chi connectivity index (χ0n) is 14.5. The number of nitrogens with zero attached hydrogens (tertiary/aromatic N) is 1. The van der Waals surface area contributed by atoms with Gasteiger partial charge in [-0.05, 0) is 50.1 Å². The summed E-state index contributed by atoms with van der Waals surface area (Å²) >= 11 is 1.28. The van der Waals surface area contributed by atoms with Crippen LogP contribution in [0.15, 0.2) is 58.3 Å². The smallest absolute Gasteiger partial charge is 0.256 e. The Kier molecular flexibility index (Phi) is 5.24. The van der Waals surface area contributed by atoms with E-state index in [1.165, 1.54) is 22.9 Å². The highest BCUT2D eigenvalue weighted by atomic mass is 32.2. The van der Waals surface area contributed by atoms with Crippen molar-refractivity contribution in [3.05, 3.63) is 65.4 Å². The molecule has 1 heterocycles. The Labute approximate surface area is 151 Å². The Morgan fingerprint density at radius 2 is 1.84 bits per heavy atom. The molecule has 128 valence electrons. The van der Waals surface area contributed by atoms with Crippen LogP contribution in [0.25, 0.3) is 11.3 Å². The molecule has 1 aromatic heterocycles. The molecule has 0 aliphatic rings. The average molecular weight is 352 g/mol. The maximum Gasteiger partial charge on any atom is 0.256 e. The summed E-state index contributed by atoms with van der Waals surface area (Å²) in [6.45, 7) is 6.16. The maximum absolute atomic E-state index is 12.0. The van der Waals surface area contributed by atoms with Crippen molar-refractivity contribution in [3.8, 4) is 11.3 Å². The summed E-state index contributed by atoms with van der Waals surface area (Å²) < 4.78 is 5.75. The van der Waals surface area contributed by atoms with Gasteiger partial charge < -0.3 is 9.73 Å². The number of carbonyl (C=O) groups excluding carboxylic acids is 1. The predicted molar refractivity (Wildman–Crippen MR) is 102 cm³/mol. The Balaban J connectivity index is 1.58. The van der Waals surface area contributed by atoms with E-state index in [-0.39, 0.29) is 11.7 Å². The first-order chi connectivity index (χ1) is 12.0. The van der Waals surface area contributed by atoms with Gasteiger partial charge in [-0.3, -0.25) is 4.79 Å². The molecule has 0 spiro atoms. The van der Waals surface area contributed by atoms with Gasteiger partial charge in [0.2, 0.25) is 5.91 Å². The van der Waals surface area contributed by atoms with Gasteiger partial charge in [-0.15, -0.1) is 0 Å². The summed E-state index contributed by atoms with van der Waals surface area (Å²) in [7, 11) is 0. The highest BCUT2D eigenvalue weighted by Gasteiger charge is 2.10. The van der Waals surface area contributed by atoms with E-state index in [0.29, 0.717) is 11.0 Å². The lowest BCUT2D eigenvalue weighted by Crippen LogP contribution is -2.13. The number of carbonyl (C=O) groups is 1. The van der Waals surface area contributed by atoms with Crippen LogP contribution in [0.3, 0.4) is 0 Å². The number of hydrogen-bond acceptors (Lipinski definition) is 4. The lowest BCUT2D eigenvalue weighted by atomic mass is 10.1. The molecule has 4 nitrogen and oxygen atoms in total. The maximum atomic E-state index is 12.0. The van der Waals surface area contributed by atoms with Gasteiger partial charge in [0.1, 0.15) is 0 Å². The van der Waals surface area contributed by atoms with Crippen LogP contribution in [0, 0.1) is 20.8 Å². The number of anilines is 1. The standard InChI is InChI=1S/C20H20N2O2S/c1-13-4-8-17(9-5-13)22-19(23)12-25-20-21-11-18(24-20)16-7-6-14(2)15(3)10-16/h4-11H,12H2,1-3H3,(H,22,23). The van der Waals surface area contributed by atoms with E-state index in [0.717, 1.165) is 16.8 Å². The van der Waals surface area contributed by atoms with Crippen molar-refractivity contribution in [1.29, 1.82) is 0 Å². The Morgan fingerprint density at radius 3 is 2.56 bits per heavy atom. The van der Waals surface area contributed by atoms with E-state index in [4.69, 9.17) is 4.42 Å². The monoisotopic (exact) mass is 352 g/mol. The van der Waals surface area contributed by atoms with Crippen LogP contribution in [0.5, 0.6) is 0 Å². The molecular weight excluding hydrogens is 332 g/mol. The fourth-order valence-corrected chi connectivity index (χ4v) is 2.92. The minimum atomic E-state index is -0.0835. The molecule has 0 bridgehead atoms. The molecule has 0 radical (unpaired) electrons. The quantitative estimate of drug-likeness (QED) is 0.657. The topological polar surface area (TPSA) is 55.1 Å². The SMILES string of the molecule is Cc1ccc(NC(=O)CSc2ncc(-c3ccc(C)c(C)c3)o2)cc1. The van der Waals surface area contributed by atoms with Gasteiger partial charge in [0.25, 0.3) is 5.22 Å². The van der Waals surface area contributed by atoms with Gasteiger partial charge in [0, 0.05) is 11.3 Å². The van der Waals surface area contributed by atoms with Gasteiger partial charge in [0.15, 0.2) is 5.76 Å². The molecule has 1 N–H and O–H groups in total. The van der Waals surface area contributed by atoms with Crippen LogP contribution in [-0.2, 0) is 4.79 Å². The molecule has 0 fully saturated rings. The van der Waals surface area contributed by atoms with Crippen LogP contribution < -0.4 is 5.32 Å². The molecule has 3 aromatic rings. The fourth-order valence-electron chi connectivity index (χ4n) is 2.31. The van der Waals surface area contributed by atoms with Crippen LogP contribution in [0.1, 0.15) is 16.7 Å². The second-order valence-corrected chi connectivity index (χ2v) is 6.92. The molecule has 0 saturated carbocycles. The molecule has 5 heteroatoms. The first-order valence-electron chi connectivity index (χ1n) is 8.04. The molecule has 1 amide bonds. The van der Waals surface area contributed by atoms with E-state index in [1.54, 1.807) is 6.20 Å². The van der Waals surface area contributed by atoms with Gasteiger partial charge in [0.05, 0.1) is 11.9 Å². The number of benzene rings is 2. The zero-order valence-corrected chi connectivity index (χ0v) is 15.3. The van der Waals surface area contributed by atoms with Crippen molar-refractivity contribution in [1.82, 2.24) is 4.98 Å². The van der Waals surface area contributed by atoms with Gasteiger partial charge in [-0.25, -0.2) is 4.98 Å². The molecule has 25 heavy (non-hydrogen) atoms. The lowest BCUT2D eigenvalue weighted by Gasteiger charge is -2.04. The summed E-state index contributed by atoms with van der Waals surface area (Å²) in [5.41, 5.74) is 5.39. The minimum Gasteiger partial charge on any atom is -0.431 e. The van der Waals surface area contributed by atoms with E-state index in [1.807, 2.05) is 37.3 Å². The summed E-state index contributed by atoms with van der Waals surface area (Å²) in [6.07, 6.45) is 1.70. The molecule has 0 saturated heterocycles. The number of aromatic nitrogens is 1. The largest absolute Gasteiger partial charge is 0.431 e. The van der Waals surface area contributed by atoms with Crippen LogP contribution in [0.4, 0.5) is 5.69 Å². The molecular formula is C20H20N2O2S. The lowest BCUT2D eigenvalue weighted by molar-refractivity contribution is -0.113. The van der Waals surface area contributed by atoms with Crippen molar-refractivity contribution < 1.29 is 9.21 Å². The summed E-state index contributed by atoms with van der Waals surface area (Å²) in [4.78, 5) is 16.3. The molecule has 0 aliphatic carbocycles. The van der Waals surface area contributed by atoms with Crippen molar-refractivity contribution >= 4 is 23.4 Å². The van der Waals surface area contributed by atoms with Crippen LogP contribution in [-0.4, -0.2) is 16.6 Å². The number of nitrogens with one attached hydrogen (secondary N) is 1. The van der Waals surface area contributed by atoms with Gasteiger partial charge in [-0.1, -0.05) is 41.6 Å². The third kappa shape index (κ3) is 4.51. The average Bonchev–Trinajstić information content (AvgIpc) is 3.07. The highest BCUT2D eigenvalue weighted by Crippen LogP contribution is 2.27. The van der Waals surface area contributed by atoms with Crippen molar-refractivity contribution in [2.45, 2.75) is 26.0 Å². The molecule has 0 aliphatic heterocycles. The predicted octanol–water partition coefficient (Wildman–Crippen LogP) is 5.00.